The molecule has 0 spiro atoms. The molecule has 0 saturated carbocycles. The minimum absolute atomic E-state index is 0.0908. The summed E-state index contributed by atoms with van der Waals surface area (Å²) in [4.78, 5) is 20.8. The molecular formula is C19H25N5O2. The highest BCUT2D eigenvalue weighted by atomic mass is 16.5. The van der Waals surface area contributed by atoms with E-state index in [1.165, 1.54) is 11.3 Å². The van der Waals surface area contributed by atoms with Crippen molar-refractivity contribution in [1.82, 2.24) is 24.6 Å². The van der Waals surface area contributed by atoms with Gasteiger partial charge >= 0.3 is 0 Å². The molecule has 0 radical (unpaired) electrons. The smallest absolute Gasteiger partial charge is 0.254 e. The van der Waals surface area contributed by atoms with E-state index in [-0.39, 0.29) is 5.91 Å². The molecule has 2 aromatic rings. The molecule has 1 saturated heterocycles. The molecule has 7 heteroatoms. The summed E-state index contributed by atoms with van der Waals surface area (Å²) in [5.41, 5.74) is 4.45. The van der Waals surface area contributed by atoms with Gasteiger partial charge in [0, 0.05) is 74.9 Å². The summed E-state index contributed by atoms with van der Waals surface area (Å²) in [7, 11) is 0. The first-order valence-electron chi connectivity index (χ1n) is 9.33. The molecule has 0 atom stereocenters. The van der Waals surface area contributed by atoms with E-state index in [4.69, 9.17) is 9.84 Å². The Kier molecular flexibility index (Phi) is 4.99. The predicted octanol–water partition coefficient (Wildman–Crippen LogP) is 1.33. The molecule has 2 aliphatic heterocycles. The number of nitrogens with zero attached hydrogens (tertiary/aromatic N) is 5. The first kappa shape index (κ1) is 17.2. The Morgan fingerprint density at radius 3 is 2.69 bits per heavy atom. The standard InChI is InChI=1S/C19H25N5O2/c1-2-24-18-5-12-26-14-16(18)17(21-24)13-22-8-10-23(11-9-22)19(25)15-3-6-20-7-4-15/h3-4,6-7H,2,5,8-14H2,1H3. The average Bonchev–Trinajstić information content (AvgIpc) is 3.06. The van der Waals surface area contributed by atoms with Crippen LogP contribution in [-0.4, -0.2) is 63.3 Å². The zero-order valence-electron chi connectivity index (χ0n) is 15.2. The number of amides is 1. The largest absolute Gasteiger partial charge is 0.376 e. The molecule has 1 fully saturated rings. The van der Waals surface area contributed by atoms with Crippen LogP contribution in [0.2, 0.25) is 0 Å². The van der Waals surface area contributed by atoms with Gasteiger partial charge in [0.2, 0.25) is 0 Å². The van der Waals surface area contributed by atoms with E-state index in [1.54, 1.807) is 24.5 Å². The van der Waals surface area contributed by atoms with Gasteiger partial charge in [0.1, 0.15) is 0 Å². The average molecular weight is 355 g/mol. The minimum atomic E-state index is 0.0908. The predicted molar refractivity (Wildman–Crippen MR) is 96.7 cm³/mol. The summed E-state index contributed by atoms with van der Waals surface area (Å²) < 4.78 is 7.77. The van der Waals surface area contributed by atoms with Gasteiger partial charge in [-0.2, -0.15) is 5.10 Å². The zero-order valence-corrected chi connectivity index (χ0v) is 15.2. The van der Waals surface area contributed by atoms with Crippen molar-refractivity contribution in [3.63, 3.8) is 0 Å². The Labute approximate surface area is 153 Å². The van der Waals surface area contributed by atoms with E-state index < -0.39 is 0 Å². The van der Waals surface area contributed by atoms with E-state index >= 15 is 0 Å². The van der Waals surface area contributed by atoms with Gasteiger partial charge in [-0.15, -0.1) is 0 Å². The third-order valence-electron chi connectivity index (χ3n) is 5.24. The molecule has 2 aliphatic rings. The quantitative estimate of drug-likeness (QED) is 0.828. The number of aromatic nitrogens is 3. The summed E-state index contributed by atoms with van der Waals surface area (Å²) in [5, 5.41) is 4.81. The van der Waals surface area contributed by atoms with Crippen molar-refractivity contribution in [2.45, 2.75) is 33.0 Å². The molecule has 0 bridgehead atoms. The van der Waals surface area contributed by atoms with Crippen molar-refractivity contribution in [3.05, 3.63) is 47.0 Å². The first-order chi connectivity index (χ1) is 12.8. The second kappa shape index (κ2) is 7.55. The summed E-state index contributed by atoms with van der Waals surface area (Å²) in [6.45, 7) is 8.54. The van der Waals surface area contributed by atoms with Gasteiger partial charge in [-0.3, -0.25) is 19.4 Å². The van der Waals surface area contributed by atoms with Crippen molar-refractivity contribution in [3.8, 4) is 0 Å². The maximum absolute atomic E-state index is 12.5. The van der Waals surface area contributed by atoms with Crippen LogP contribution < -0.4 is 0 Å². The van der Waals surface area contributed by atoms with Gasteiger partial charge in [-0.25, -0.2) is 0 Å². The number of hydrogen-bond acceptors (Lipinski definition) is 5. The van der Waals surface area contributed by atoms with Crippen molar-refractivity contribution in [1.29, 1.82) is 0 Å². The fourth-order valence-electron chi connectivity index (χ4n) is 3.76. The number of carbonyl (C=O) groups excluding carboxylic acids is 1. The van der Waals surface area contributed by atoms with E-state index in [0.29, 0.717) is 12.2 Å². The lowest BCUT2D eigenvalue weighted by atomic mass is 10.1. The van der Waals surface area contributed by atoms with Crippen molar-refractivity contribution in [2.24, 2.45) is 0 Å². The summed E-state index contributed by atoms with van der Waals surface area (Å²) >= 11 is 0. The van der Waals surface area contributed by atoms with Crippen LogP contribution in [0.5, 0.6) is 0 Å². The van der Waals surface area contributed by atoms with Gasteiger partial charge in [0.15, 0.2) is 0 Å². The lowest BCUT2D eigenvalue weighted by molar-refractivity contribution is 0.0624. The van der Waals surface area contributed by atoms with Crippen LogP contribution in [0.4, 0.5) is 0 Å². The van der Waals surface area contributed by atoms with Crippen molar-refractivity contribution < 1.29 is 9.53 Å². The number of hydrogen-bond donors (Lipinski definition) is 0. The number of rotatable bonds is 4. The third kappa shape index (κ3) is 3.37. The van der Waals surface area contributed by atoms with E-state index in [1.807, 2.05) is 4.90 Å². The van der Waals surface area contributed by atoms with E-state index in [0.717, 1.165) is 58.0 Å². The molecule has 0 aromatic carbocycles. The topological polar surface area (TPSA) is 63.5 Å². The van der Waals surface area contributed by atoms with Gasteiger partial charge < -0.3 is 9.64 Å². The highest BCUT2D eigenvalue weighted by Crippen LogP contribution is 2.22. The molecule has 0 unspecified atom stereocenters. The van der Waals surface area contributed by atoms with Crippen LogP contribution >= 0.6 is 0 Å². The van der Waals surface area contributed by atoms with E-state index in [2.05, 4.69) is 21.5 Å². The molecule has 0 N–H and O–H groups in total. The summed E-state index contributed by atoms with van der Waals surface area (Å²) in [6.07, 6.45) is 4.28. The van der Waals surface area contributed by atoms with Crippen LogP contribution in [0.15, 0.2) is 24.5 Å². The second-order valence-corrected chi connectivity index (χ2v) is 6.79. The van der Waals surface area contributed by atoms with E-state index in [9.17, 15) is 4.79 Å². The Balaban J connectivity index is 1.39. The van der Waals surface area contributed by atoms with Crippen molar-refractivity contribution in [2.75, 3.05) is 32.8 Å². The van der Waals surface area contributed by atoms with Gasteiger partial charge in [-0.05, 0) is 19.1 Å². The highest BCUT2D eigenvalue weighted by molar-refractivity contribution is 5.94. The molecule has 2 aromatic heterocycles. The maximum atomic E-state index is 12.5. The highest BCUT2D eigenvalue weighted by Gasteiger charge is 2.25. The molecule has 138 valence electrons. The molecule has 7 nitrogen and oxygen atoms in total. The summed E-state index contributed by atoms with van der Waals surface area (Å²) in [5.74, 6) is 0.0908. The van der Waals surface area contributed by atoms with Crippen LogP contribution in [0.25, 0.3) is 0 Å². The first-order valence-corrected chi connectivity index (χ1v) is 9.33. The van der Waals surface area contributed by atoms with Crippen LogP contribution in [0, 0.1) is 0 Å². The maximum Gasteiger partial charge on any atom is 0.254 e. The monoisotopic (exact) mass is 355 g/mol. The molecule has 26 heavy (non-hydrogen) atoms. The zero-order chi connectivity index (χ0) is 17.9. The fraction of sp³-hybridized carbons (Fsp3) is 0.526. The lowest BCUT2D eigenvalue weighted by Gasteiger charge is -2.34. The molecule has 4 heterocycles. The Hall–Kier alpha value is -2.25. The van der Waals surface area contributed by atoms with Crippen molar-refractivity contribution >= 4 is 5.91 Å². The Morgan fingerprint density at radius 1 is 1.19 bits per heavy atom. The number of piperazine rings is 1. The third-order valence-corrected chi connectivity index (χ3v) is 5.24. The molecule has 0 aliphatic carbocycles. The van der Waals surface area contributed by atoms with Crippen LogP contribution in [-0.2, 0) is 30.9 Å². The number of fused-ring (bicyclic) bond motifs is 1. The lowest BCUT2D eigenvalue weighted by Crippen LogP contribution is -2.48. The molecule has 4 rings (SSSR count). The number of pyridine rings is 1. The number of carbonyl (C=O) groups is 1. The summed E-state index contributed by atoms with van der Waals surface area (Å²) in [6, 6.07) is 3.55. The SMILES string of the molecule is CCn1nc(CN2CCN(C(=O)c3ccncc3)CC2)c2c1CCOC2. The van der Waals surface area contributed by atoms with Gasteiger partial charge in [0.25, 0.3) is 5.91 Å². The van der Waals surface area contributed by atoms with Crippen LogP contribution in [0.3, 0.4) is 0 Å². The van der Waals surface area contributed by atoms with Gasteiger partial charge in [0.05, 0.1) is 18.9 Å². The Bertz CT molecular complexity index is 766. The normalized spacial score (nSPS) is 18.0. The Morgan fingerprint density at radius 2 is 1.96 bits per heavy atom. The molecular weight excluding hydrogens is 330 g/mol. The van der Waals surface area contributed by atoms with Crippen LogP contribution in [0.1, 0.15) is 34.2 Å². The van der Waals surface area contributed by atoms with Gasteiger partial charge in [-0.1, -0.05) is 0 Å². The number of ether oxygens (including phenoxy) is 1. The fourth-order valence-corrected chi connectivity index (χ4v) is 3.76. The second-order valence-electron chi connectivity index (χ2n) is 6.79. The minimum Gasteiger partial charge on any atom is -0.376 e. The number of aryl methyl sites for hydroxylation is 1. The molecule has 1 amide bonds.